The molecule has 0 radical (unpaired) electrons. The number of piperidine rings is 1. The second kappa shape index (κ2) is 10.7. The van der Waals surface area contributed by atoms with Crippen molar-refractivity contribution in [2.75, 3.05) is 46.3 Å². The second-order valence-electron chi connectivity index (χ2n) is 7.05. The Morgan fingerprint density at radius 3 is 2.39 bits per heavy atom. The van der Waals surface area contributed by atoms with Gasteiger partial charge in [-0.1, -0.05) is 6.92 Å². The highest BCUT2D eigenvalue weighted by atomic mass is 127. The summed E-state index contributed by atoms with van der Waals surface area (Å²) in [6.07, 6.45) is 3.74. The van der Waals surface area contributed by atoms with E-state index >= 15 is 0 Å². The van der Waals surface area contributed by atoms with E-state index in [9.17, 15) is 0 Å². The molecule has 2 aliphatic heterocycles. The summed E-state index contributed by atoms with van der Waals surface area (Å²) >= 11 is 0. The van der Waals surface area contributed by atoms with Gasteiger partial charge in [0.25, 0.3) is 0 Å². The van der Waals surface area contributed by atoms with Crippen LogP contribution in [0.4, 0.5) is 0 Å². The van der Waals surface area contributed by atoms with Gasteiger partial charge in [0.15, 0.2) is 5.96 Å². The molecule has 1 atom stereocenters. The molecule has 0 spiro atoms. The fraction of sp³-hybridized carbons (Fsp3) is 0.941. The smallest absolute Gasteiger partial charge is 0.191 e. The average Bonchev–Trinajstić information content (AvgIpc) is 3.00. The standard InChI is InChI=1S/C17H35N5.HI/c1-5-21-9-6-15(13-21)12-19-17(18-4)20-16-7-10-22(11-8-16)14(2)3;/h14-16H,5-13H2,1-4H3,(H2,18,19,20);1H. The minimum absolute atomic E-state index is 0. The number of aliphatic imine (C=N–C) groups is 1. The van der Waals surface area contributed by atoms with Gasteiger partial charge in [0.1, 0.15) is 0 Å². The first kappa shape index (κ1) is 21.0. The van der Waals surface area contributed by atoms with Crippen LogP contribution in [0, 0.1) is 5.92 Å². The fourth-order valence-electron chi connectivity index (χ4n) is 3.56. The third-order valence-electron chi connectivity index (χ3n) is 5.20. The van der Waals surface area contributed by atoms with Gasteiger partial charge in [0.05, 0.1) is 0 Å². The Morgan fingerprint density at radius 1 is 1.17 bits per heavy atom. The molecule has 2 N–H and O–H groups in total. The molecule has 0 bridgehead atoms. The van der Waals surface area contributed by atoms with Crippen LogP contribution in [-0.4, -0.2) is 74.2 Å². The number of guanidine groups is 1. The predicted octanol–water partition coefficient (Wildman–Crippen LogP) is 1.98. The van der Waals surface area contributed by atoms with Crippen LogP contribution in [0.2, 0.25) is 0 Å². The normalized spacial score (nSPS) is 24.7. The summed E-state index contributed by atoms with van der Waals surface area (Å²) in [5, 5.41) is 7.15. The van der Waals surface area contributed by atoms with Crippen LogP contribution in [0.1, 0.15) is 40.0 Å². The lowest BCUT2D eigenvalue weighted by molar-refractivity contribution is 0.167. The summed E-state index contributed by atoms with van der Waals surface area (Å²) < 4.78 is 0. The summed E-state index contributed by atoms with van der Waals surface area (Å²) in [4.78, 5) is 9.50. The Balaban J connectivity index is 0.00000264. The van der Waals surface area contributed by atoms with Gasteiger partial charge in [0, 0.05) is 45.3 Å². The largest absolute Gasteiger partial charge is 0.356 e. The molecule has 2 rings (SSSR count). The number of nitrogens with zero attached hydrogens (tertiary/aromatic N) is 3. The van der Waals surface area contributed by atoms with E-state index in [0.717, 1.165) is 18.4 Å². The molecule has 6 heteroatoms. The van der Waals surface area contributed by atoms with E-state index in [4.69, 9.17) is 0 Å². The number of rotatable bonds is 5. The molecule has 2 saturated heterocycles. The summed E-state index contributed by atoms with van der Waals surface area (Å²) in [6, 6.07) is 1.24. The van der Waals surface area contributed by atoms with E-state index in [2.05, 4.69) is 46.2 Å². The molecule has 2 heterocycles. The van der Waals surface area contributed by atoms with Crippen molar-refractivity contribution >= 4 is 29.9 Å². The van der Waals surface area contributed by atoms with Gasteiger partial charge in [-0.05, 0) is 52.1 Å². The number of hydrogen-bond donors (Lipinski definition) is 2. The molecule has 0 aliphatic carbocycles. The zero-order chi connectivity index (χ0) is 15.9. The van der Waals surface area contributed by atoms with Gasteiger partial charge in [-0.3, -0.25) is 4.99 Å². The number of likely N-dealkylation sites (tertiary alicyclic amines) is 2. The Labute approximate surface area is 159 Å². The summed E-state index contributed by atoms with van der Waals surface area (Å²) in [7, 11) is 1.88. The summed E-state index contributed by atoms with van der Waals surface area (Å²) in [5.41, 5.74) is 0. The van der Waals surface area contributed by atoms with Crippen LogP contribution < -0.4 is 10.6 Å². The van der Waals surface area contributed by atoms with Crippen molar-refractivity contribution in [2.24, 2.45) is 10.9 Å². The second-order valence-corrected chi connectivity index (χ2v) is 7.05. The lowest BCUT2D eigenvalue weighted by atomic mass is 10.0. The molecule has 5 nitrogen and oxygen atoms in total. The molecular formula is C17H36IN5. The first-order valence-electron chi connectivity index (χ1n) is 9.06. The maximum atomic E-state index is 4.40. The summed E-state index contributed by atoms with van der Waals surface area (Å²) in [6.45, 7) is 13.9. The van der Waals surface area contributed by atoms with Crippen LogP contribution in [-0.2, 0) is 0 Å². The highest BCUT2D eigenvalue weighted by Crippen LogP contribution is 2.15. The van der Waals surface area contributed by atoms with Crippen molar-refractivity contribution in [3.8, 4) is 0 Å². The van der Waals surface area contributed by atoms with Crippen LogP contribution in [0.15, 0.2) is 4.99 Å². The highest BCUT2D eigenvalue weighted by molar-refractivity contribution is 14.0. The minimum atomic E-state index is 0. The fourth-order valence-corrected chi connectivity index (χ4v) is 3.56. The molecular weight excluding hydrogens is 401 g/mol. The number of hydrogen-bond acceptors (Lipinski definition) is 3. The monoisotopic (exact) mass is 437 g/mol. The molecule has 0 saturated carbocycles. The Hall–Kier alpha value is -0.0800. The van der Waals surface area contributed by atoms with Crippen LogP contribution in [0.25, 0.3) is 0 Å². The van der Waals surface area contributed by atoms with Crippen LogP contribution in [0.5, 0.6) is 0 Å². The lowest BCUT2D eigenvalue weighted by Crippen LogP contribution is -2.50. The molecule has 0 aromatic carbocycles. The van der Waals surface area contributed by atoms with Gasteiger partial charge >= 0.3 is 0 Å². The van der Waals surface area contributed by atoms with Crippen molar-refractivity contribution < 1.29 is 0 Å². The molecule has 136 valence electrons. The molecule has 0 amide bonds. The van der Waals surface area contributed by atoms with Crippen LogP contribution in [0.3, 0.4) is 0 Å². The maximum absolute atomic E-state index is 4.40. The van der Waals surface area contributed by atoms with E-state index in [-0.39, 0.29) is 24.0 Å². The molecule has 0 aromatic heterocycles. The quantitative estimate of drug-likeness (QED) is 0.392. The SMILES string of the molecule is CCN1CCC(CNC(=NC)NC2CCN(C(C)C)CC2)C1.I. The predicted molar refractivity (Wildman–Crippen MR) is 110 cm³/mol. The van der Waals surface area contributed by atoms with Crippen molar-refractivity contribution in [1.82, 2.24) is 20.4 Å². The van der Waals surface area contributed by atoms with Gasteiger partial charge in [-0.2, -0.15) is 0 Å². The number of halogens is 1. The van der Waals surface area contributed by atoms with Crippen LogP contribution >= 0.6 is 24.0 Å². The molecule has 1 unspecified atom stereocenters. The molecule has 2 aliphatic rings. The van der Waals surface area contributed by atoms with Crippen molar-refractivity contribution in [3.63, 3.8) is 0 Å². The molecule has 0 aromatic rings. The minimum Gasteiger partial charge on any atom is -0.356 e. The van der Waals surface area contributed by atoms with E-state index in [1.54, 1.807) is 0 Å². The van der Waals surface area contributed by atoms with Gasteiger partial charge in [-0.25, -0.2) is 0 Å². The summed E-state index contributed by atoms with van der Waals surface area (Å²) in [5.74, 6) is 1.75. The highest BCUT2D eigenvalue weighted by Gasteiger charge is 2.23. The van der Waals surface area contributed by atoms with E-state index in [1.807, 2.05) is 7.05 Å². The van der Waals surface area contributed by atoms with Crippen molar-refractivity contribution in [1.29, 1.82) is 0 Å². The molecule has 2 fully saturated rings. The lowest BCUT2D eigenvalue weighted by Gasteiger charge is -2.35. The first-order chi connectivity index (χ1) is 10.6. The third-order valence-corrected chi connectivity index (χ3v) is 5.20. The van der Waals surface area contributed by atoms with Gasteiger partial charge in [-0.15, -0.1) is 24.0 Å². The maximum Gasteiger partial charge on any atom is 0.191 e. The number of nitrogens with one attached hydrogen (secondary N) is 2. The van der Waals surface area contributed by atoms with Crippen molar-refractivity contribution in [3.05, 3.63) is 0 Å². The first-order valence-corrected chi connectivity index (χ1v) is 9.06. The van der Waals surface area contributed by atoms with E-state index in [1.165, 1.54) is 52.0 Å². The van der Waals surface area contributed by atoms with Gasteiger partial charge < -0.3 is 20.4 Å². The Bertz CT molecular complexity index is 353. The Morgan fingerprint density at radius 2 is 1.87 bits per heavy atom. The topological polar surface area (TPSA) is 42.9 Å². The zero-order valence-electron chi connectivity index (χ0n) is 15.3. The Kier molecular flexibility index (Phi) is 9.77. The average molecular weight is 437 g/mol. The molecule has 23 heavy (non-hydrogen) atoms. The zero-order valence-corrected chi connectivity index (χ0v) is 17.7. The van der Waals surface area contributed by atoms with Crippen molar-refractivity contribution in [2.45, 2.75) is 52.1 Å². The third kappa shape index (κ3) is 6.74. The van der Waals surface area contributed by atoms with Gasteiger partial charge in [0.2, 0.25) is 0 Å². The van der Waals surface area contributed by atoms with E-state index in [0.29, 0.717) is 12.1 Å². The van der Waals surface area contributed by atoms with E-state index < -0.39 is 0 Å².